The lowest BCUT2D eigenvalue weighted by atomic mass is 9.81. The zero-order valence-corrected chi connectivity index (χ0v) is 18.8. The summed E-state index contributed by atoms with van der Waals surface area (Å²) >= 11 is 0. The largest absolute Gasteiger partial charge is 0.320 e. The average molecular weight is 472 g/mol. The molecule has 3 aromatic rings. The summed E-state index contributed by atoms with van der Waals surface area (Å²) in [4.78, 5) is 25.7. The molecule has 1 fully saturated rings. The number of anilines is 1. The molecule has 0 spiro atoms. The molecule has 178 valence electrons. The number of rotatable bonds is 5. The van der Waals surface area contributed by atoms with E-state index in [0.29, 0.717) is 11.4 Å². The summed E-state index contributed by atoms with van der Waals surface area (Å²) in [5, 5.41) is 2.75. The topological polar surface area (TPSA) is 67.8 Å². The van der Waals surface area contributed by atoms with E-state index in [1.165, 1.54) is 18.6 Å². The fourth-order valence-corrected chi connectivity index (χ4v) is 4.12. The van der Waals surface area contributed by atoms with E-state index < -0.39 is 23.5 Å². The van der Waals surface area contributed by atoms with Gasteiger partial charge >= 0.3 is 0 Å². The van der Waals surface area contributed by atoms with Crippen LogP contribution < -0.4 is 5.32 Å². The molecule has 0 atom stereocenters. The molecular weight excluding hydrogens is 448 g/mol. The van der Waals surface area contributed by atoms with Gasteiger partial charge in [0, 0.05) is 42.9 Å². The van der Waals surface area contributed by atoms with Crippen molar-refractivity contribution in [2.45, 2.75) is 57.3 Å². The number of benzene rings is 1. The van der Waals surface area contributed by atoms with E-state index in [0.717, 1.165) is 18.2 Å². The highest BCUT2D eigenvalue weighted by molar-refractivity contribution is 6.06. The molecule has 2 aromatic heterocycles. The Hall–Kier alpha value is -3.36. The molecule has 1 aliphatic rings. The number of amides is 1. The zero-order chi connectivity index (χ0) is 24.5. The SMILES string of the molecule is CC(C)c1ncc(C(=O)Nc2c(C3CCC(F)(F)CC3)ccnc2-c2cc(F)ccc2F)cn1. The first-order valence-corrected chi connectivity index (χ1v) is 11.1. The molecule has 0 radical (unpaired) electrons. The number of nitrogens with zero attached hydrogens (tertiary/aromatic N) is 3. The summed E-state index contributed by atoms with van der Waals surface area (Å²) in [5.41, 5.74) is 0.780. The van der Waals surface area contributed by atoms with Gasteiger partial charge in [0.05, 0.1) is 16.9 Å². The lowest BCUT2D eigenvalue weighted by molar-refractivity contribution is -0.0381. The third-order valence-electron chi connectivity index (χ3n) is 6.01. The lowest BCUT2D eigenvalue weighted by Crippen LogP contribution is -2.25. The van der Waals surface area contributed by atoms with Crippen molar-refractivity contribution < 1.29 is 22.4 Å². The summed E-state index contributed by atoms with van der Waals surface area (Å²) < 4.78 is 56.1. The van der Waals surface area contributed by atoms with Crippen molar-refractivity contribution >= 4 is 11.6 Å². The van der Waals surface area contributed by atoms with Gasteiger partial charge in [0.25, 0.3) is 5.91 Å². The van der Waals surface area contributed by atoms with Crippen LogP contribution >= 0.6 is 0 Å². The monoisotopic (exact) mass is 472 g/mol. The fourth-order valence-electron chi connectivity index (χ4n) is 4.12. The van der Waals surface area contributed by atoms with E-state index in [2.05, 4.69) is 20.3 Å². The molecule has 1 aromatic carbocycles. The van der Waals surface area contributed by atoms with Crippen LogP contribution in [0.25, 0.3) is 11.3 Å². The molecule has 0 unspecified atom stereocenters. The van der Waals surface area contributed by atoms with Gasteiger partial charge in [0.1, 0.15) is 17.5 Å². The van der Waals surface area contributed by atoms with Gasteiger partial charge in [0.15, 0.2) is 0 Å². The smallest absolute Gasteiger partial charge is 0.258 e. The average Bonchev–Trinajstić information content (AvgIpc) is 2.81. The molecule has 1 N–H and O–H groups in total. The van der Waals surface area contributed by atoms with Crippen LogP contribution in [0.4, 0.5) is 23.2 Å². The van der Waals surface area contributed by atoms with Gasteiger partial charge in [-0.2, -0.15) is 0 Å². The van der Waals surface area contributed by atoms with Gasteiger partial charge in [0.2, 0.25) is 5.92 Å². The quantitative estimate of drug-likeness (QED) is 0.431. The summed E-state index contributed by atoms with van der Waals surface area (Å²) in [7, 11) is 0. The van der Waals surface area contributed by atoms with E-state index >= 15 is 0 Å². The summed E-state index contributed by atoms with van der Waals surface area (Å²) in [6.07, 6.45) is 3.99. The van der Waals surface area contributed by atoms with Crippen LogP contribution in [0.5, 0.6) is 0 Å². The molecule has 1 saturated carbocycles. The highest BCUT2D eigenvalue weighted by Crippen LogP contribution is 2.44. The van der Waals surface area contributed by atoms with Gasteiger partial charge in [-0.25, -0.2) is 27.5 Å². The maximum atomic E-state index is 14.7. The second-order valence-corrected chi connectivity index (χ2v) is 8.82. The molecule has 1 amide bonds. The maximum Gasteiger partial charge on any atom is 0.258 e. The molecule has 9 heteroatoms. The number of hydrogen-bond donors (Lipinski definition) is 1. The van der Waals surface area contributed by atoms with Crippen LogP contribution in [-0.2, 0) is 0 Å². The van der Waals surface area contributed by atoms with Crippen molar-refractivity contribution in [1.29, 1.82) is 0 Å². The molecule has 4 rings (SSSR count). The van der Waals surface area contributed by atoms with Crippen molar-refractivity contribution in [2.75, 3.05) is 5.32 Å². The number of aromatic nitrogens is 3. The predicted molar refractivity (Wildman–Crippen MR) is 120 cm³/mol. The Balaban J connectivity index is 1.76. The molecule has 0 saturated heterocycles. The van der Waals surface area contributed by atoms with Crippen LogP contribution in [0.2, 0.25) is 0 Å². The number of carbonyl (C=O) groups is 1. The Kier molecular flexibility index (Phi) is 6.63. The van der Waals surface area contributed by atoms with Crippen LogP contribution in [-0.4, -0.2) is 26.8 Å². The minimum atomic E-state index is -2.74. The minimum absolute atomic E-state index is 0.0277. The molecule has 2 heterocycles. The normalized spacial score (nSPS) is 16.0. The second kappa shape index (κ2) is 9.48. The third kappa shape index (κ3) is 5.08. The highest BCUT2D eigenvalue weighted by atomic mass is 19.3. The Morgan fingerprint density at radius 2 is 1.74 bits per heavy atom. The van der Waals surface area contributed by atoms with Crippen LogP contribution in [0.1, 0.15) is 73.1 Å². The highest BCUT2D eigenvalue weighted by Gasteiger charge is 2.36. The Morgan fingerprint density at radius 3 is 2.38 bits per heavy atom. The lowest BCUT2D eigenvalue weighted by Gasteiger charge is -2.30. The first kappa shape index (κ1) is 23.8. The van der Waals surface area contributed by atoms with Crippen molar-refractivity contribution in [2.24, 2.45) is 0 Å². The standard InChI is InChI=1S/C25H24F4N4O/c1-14(2)23-31-12-16(13-32-23)24(34)33-22-18(15-5-8-25(28,29)9-6-15)7-10-30-21(22)19-11-17(26)3-4-20(19)27/h3-4,7,10-15H,5-6,8-9H2,1-2H3,(H,33,34). The van der Waals surface area contributed by atoms with Gasteiger partial charge in [-0.05, 0) is 48.6 Å². The molecular formula is C25H24F4N4O. The number of nitrogens with one attached hydrogen (secondary N) is 1. The Morgan fingerprint density at radius 1 is 1.06 bits per heavy atom. The van der Waals surface area contributed by atoms with Gasteiger partial charge in [-0.3, -0.25) is 9.78 Å². The van der Waals surface area contributed by atoms with Gasteiger partial charge in [-0.15, -0.1) is 0 Å². The predicted octanol–water partition coefficient (Wildman–Crippen LogP) is 6.49. The number of pyridine rings is 1. The first-order valence-electron chi connectivity index (χ1n) is 11.1. The van der Waals surface area contributed by atoms with Gasteiger partial charge < -0.3 is 5.32 Å². The summed E-state index contributed by atoms with van der Waals surface area (Å²) in [6.45, 7) is 3.84. The number of alkyl halides is 2. The fraction of sp³-hybridized carbons (Fsp3) is 0.360. The Bertz CT molecular complexity index is 1190. The van der Waals surface area contributed by atoms with E-state index in [-0.39, 0.29) is 60.0 Å². The van der Waals surface area contributed by atoms with Crippen molar-refractivity contribution in [3.63, 3.8) is 0 Å². The van der Waals surface area contributed by atoms with E-state index in [1.54, 1.807) is 6.07 Å². The summed E-state index contributed by atoms with van der Waals surface area (Å²) in [6, 6.07) is 4.58. The second-order valence-electron chi connectivity index (χ2n) is 8.82. The van der Waals surface area contributed by atoms with Crippen LogP contribution in [0, 0.1) is 11.6 Å². The molecule has 5 nitrogen and oxygen atoms in total. The van der Waals surface area contributed by atoms with Crippen LogP contribution in [0.3, 0.4) is 0 Å². The van der Waals surface area contributed by atoms with E-state index in [4.69, 9.17) is 0 Å². The number of halogens is 4. The van der Waals surface area contributed by atoms with Gasteiger partial charge in [-0.1, -0.05) is 13.8 Å². The molecule has 0 aliphatic heterocycles. The van der Waals surface area contributed by atoms with E-state index in [1.807, 2.05) is 13.8 Å². The minimum Gasteiger partial charge on any atom is -0.320 e. The number of carbonyl (C=O) groups excluding carboxylic acids is 1. The first-order chi connectivity index (χ1) is 16.1. The summed E-state index contributed by atoms with van der Waals surface area (Å²) in [5.74, 6) is -4.34. The molecule has 0 bridgehead atoms. The van der Waals surface area contributed by atoms with E-state index in [9.17, 15) is 22.4 Å². The van der Waals surface area contributed by atoms with Crippen molar-refractivity contribution in [1.82, 2.24) is 15.0 Å². The Labute approximate surface area is 194 Å². The van der Waals surface area contributed by atoms with Crippen LogP contribution in [0.15, 0.2) is 42.9 Å². The molecule has 34 heavy (non-hydrogen) atoms. The maximum absolute atomic E-state index is 14.7. The third-order valence-corrected chi connectivity index (χ3v) is 6.01. The molecule has 1 aliphatic carbocycles. The zero-order valence-electron chi connectivity index (χ0n) is 18.8. The number of hydrogen-bond acceptors (Lipinski definition) is 4. The van der Waals surface area contributed by atoms with Crippen molar-refractivity contribution in [3.8, 4) is 11.3 Å². The van der Waals surface area contributed by atoms with Crippen molar-refractivity contribution in [3.05, 3.63) is 71.4 Å².